The predicted octanol–water partition coefficient (Wildman–Crippen LogP) is 2.30. The van der Waals surface area contributed by atoms with Gasteiger partial charge in [0.2, 0.25) is 0 Å². The number of fused-ring (bicyclic) bond motifs is 2. The molecule has 1 nitrogen and oxygen atoms in total. The monoisotopic (exact) mass is 153 g/mol. The van der Waals surface area contributed by atoms with E-state index >= 15 is 0 Å². The van der Waals surface area contributed by atoms with Crippen LogP contribution in [0.5, 0.6) is 0 Å². The summed E-state index contributed by atoms with van der Waals surface area (Å²) >= 11 is 0. The molecule has 64 valence electrons. The molecule has 0 aromatic carbocycles. The normalized spacial score (nSPS) is 45.0. The second-order valence-electron chi connectivity index (χ2n) is 4.48. The van der Waals surface area contributed by atoms with E-state index in [1.165, 1.54) is 44.9 Å². The average molecular weight is 153 g/mol. The fourth-order valence-corrected chi connectivity index (χ4v) is 2.95. The molecule has 1 heteroatoms. The molecule has 0 aromatic heterocycles. The van der Waals surface area contributed by atoms with Crippen molar-refractivity contribution >= 4 is 0 Å². The third-order valence-corrected chi connectivity index (χ3v) is 3.41. The third kappa shape index (κ3) is 1.76. The maximum absolute atomic E-state index is 5.99. The Morgan fingerprint density at radius 1 is 0.818 bits per heavy atom. The van der Waals surface area contributed by atoms with Crippen molar-refractivity contribution in [2.45, 2.75) is 51.0 Å². The molecule has 0 spiro atoms. The van der Waals surface area contributed by atoms with Crippen molar-refractivity contribution in [2.75, 3.05) is 0 Å². The lowest BCUT2D eigenvalue weighted by molar-refractivity contribution is 0.243. The maximum Gasteiger partial charge on any atom is 0.00441 e. The Hall–Kier alpha value is -0.0400. The fourth-order valence-electron chi connectivity index (χ4n) is 2.95. The molecule has 0 aliphatic heterocycles. The van der Waals surface area contributed by atoms with Crippen LogP contribution in [-0.2, 0) is 0 Å². The van der Waals surface area contributed by atoms with Crippen molar-refractivity contribution < 1.29 is 0 Å². The van der Waals surface area contributed by atoms with Crippen molar-refractivity contribution in [1.29, 1.82) is 0 Å². The standard InChI is InChI=1S/C10H19N/c11-10-6-8-3-1-2-4-9(5-8)7-10/h8-10H,1-7,11H2/t8-,9+,10+. The van der Waals surface area contributed by atoms with Crippen LogP contribution in [0.15, 0.2) is 0 Å². The molecule has 0 radical (unpaired) electrons. The maximum atomic E-state index is 5.99. The Morgan fingerprint density at radius 2 is 1.36 bits per heavy atom. The van der Waals surface area contributed by atoms with Crippen molar-refractivity contribution in [1.82, 2.24) is 0 Å². The Morgan fingerprint density at radius 3 is 1.91 bits per heavy atom. The van der Waals surface area contributed by atoms with E-state index in [4.69, 9.17) is 5.73 Å². The summed E-state index contributed by atoms with van der Waals surface area (Å²) in [5.41, 5.74) is 5.99. The predicted molar refractivity (Wildman–Crippen MR) is 47.3 cm³/mol. The van der Waals surface area contributed by atoms with Gasteiger partial charge in [0, 0.05) is 6.04 Å². The Kier molecular flexibility index (Phi) is 2.17. The van der Waals surface area contributed by atoms with Gasteiger partial charge in [0.15, 0.2) is 0 Å². The van der Waals surface area contributed by atoms with Gasteiger partial charge in [-0.3, -0.25) is 0 Å². The van der Waals surface area contributed by atoms with Crippen LogP contribution in [0.4, 0.5) is 0 Å². The molecule has 0 saturated heterocycles. The largest absolute Gasteiger partial charge is 0.328 e. The number of rotatable bonds is 0. The summed E-state index contributed by atoms with van der Waals surface area (Å²) in [5, 5.41) is 0. The minimum Gasteiger partial charge on any atom is -0.328 e. The van der Waals surface area contributed by atoms with E-state index in [1.54, 1.807) is 0 Å². The topological polar surface area (TPSA) is 26.0 Å². The van der Waals surface area contributed by atoms with Crippen LogP contribution in [0, 0.1) is 11.8 Å². The van der Waals surface area contributed by atoms with E-state index in [9.17, 15) is 0 Å². The first-order valence-electron chi connectivity index (χ1n) is 5.10. The quantitative estimate of drug-likeness (QED) is 0.568. The first kappa shape index (κ1) is 7.60. The van der Waals surface area contributed by atoms with E-state index in [0.717, 1.165) is 11.8 Å². The van der Waals surface area contributed by atoms with Crippen molar-refractivity contribution in [3.8, 4) is 0 Å². The SMILES string of the molecule is N[C@@H]1C[C@H]2CCCC[C@@H](C1)C2. The zero-order chi connectivity index (χ0) is 7.68. The number of hydrogen-bond acceptors (Lipinski definition) is 1. The third-order valence-electron chi connectivity index (χ3n) is 3.41. The summed E-state index contributed by atoms with van der Waals surface area (Å²) in [6.45, 7) is 0. The molecule has 2 saturated carbocycles. The molecule has 2 aliphatic carbocycles. The summed E-state index contributed by atoms with van der Waals surface area (Å²) in [7, 11) is 0. The van der Waals surface area contributed by atoms with Gasteiger partial charge in [-0.1, -0.05) is 25.7 Å². The Balaban J connectivity index is 1.99. The summed E-state index contributed by atoms with van der Waals surface area (Å²) in [6.07, 6.45) is 9.98. The first-order valence-corrected chi connectivity index (χ1v) is 5.10. The lowest BCUT2D eigenvalue weighted by atomic mass is 9.78. The van der Waals surface area contributed by atoms with Gasteiger partial charge in [-0.05, 0) is 31.1 Å². The van der Waals surface area contributed by atoms with Crippen molar-refractivity contribution in [2.24, 2.45) is 17.6 Å². The molecule has 2 rings (SSSR count). The molecule has 2 fully saturated rings. The van der Waals surface area contributed by atoms with Crippen molar-refractivity contribution in [3.63, 3.8) is 0 Å². The summed E-state index contributed by atoms with van der Waals surface area (Å²) < 4.78 is 0. The smallest absolute Gasteiger partial charge is 0.00441 e. The minimum atomic E-state index is 0.539. The van der Waals surface area contributed by atoms with E-state index in [0.29, 0.717) is 6.04 Å². The lowest BCUT2D eigenvalue weighted by Gasteiger charge is -2.30. The molecule has 0 heterocycles. The van der Waals surface area contributed by atoms with E-state index in [-0.39, 0.29) is 0 Å². The molecule has 2 aliphatic rings. The van der Waals surface area contributed by atoms with Crippen LogP contribution >= 0.6 is 0 Å². The van der Waals surface area contributed by atoms with Crippen molar-refractivity contribution in [3.05, 3.63) is 0 Å². The fraction of sp³-hybridized carbons (Fsp3) is 1.00. The van der Waals surface area contributed by atoms with Crippen LogP contribution in [0.1, 0.15) is 44.9 Å². The highest BCUT2D eigenvalue weighted by molar-refractivity contribution is 4.83. The van der Waals surface area contributed by atoms with E-state index in [1.807, 2.05) is 0 Å². The summed E-state index contributed by atoms with van der Waals surface area (Å²) in [5.74, 6) is 1.98. The summed E-state index contributed by atoms with van der Waals surface area (Å²) in [6, 6.07) is 0.539. The molecule has 2 N–H and O–H groups in total. The average Bonchev–Trinajstić information content (AvgIpc) is 2.11. The molecule has 0 unspecified atom stereocenters. The zero-order valence-corrected chi connectivity index (χ0v) is 7.26. The Bertz CT molecular complexity index is 119. The molecule has 11 heavy (non-hydrogen) atoms. The molecule has 3 atom stereocenters. The van der Waals surface area contributed by atoms with E-state index in [2.05, 4.69) is 0 Å². The highest BCUT2D eigenvalue weighted by Crippen LogP contribution is 2.37. The highest BCUT2D eigenvalue weighted by atomic mass is 14.6. The highest BCUT2D eigenvalue weighted by Gasteiger charge is 2.28. The Labute approximate surface area is 69.4 Å². The molecule has 2 bridgehead atoms. The molecular weight excluding hydrogens is 134 g/mol. The molecular formula is C10H19N. The van der Waals surface area contributed by atoms with Crippen LogP contribution in [-0.4, -0.2) is 6.04 Å². The van der Waals surface area contributed by atoms with Gasteiger partial charge in [0.25, 0.3) is 0 Å². The molecule has 0 aromatic rings. The van der Waals surface area contributed by atoms with Gasteiger partial charge in [0.1, 0.15) is 0 Å². The van der Waals surface area contributed by atoms with Gasteiger partial charge in [-0.15, -0.1) is 0 Å². The molecule has 0 amide bonds. The lowest BCUT2D eigenvalue weighted by Crippen LogP contribution is -2.31. The minimum absolute atomic E-state index is 0.539. The number of hydrogen-bond donors (Lipinski definition) is 1. The summed E-state index contributed by atoms with van der Waals surface area (Å²) in [4.78, 5) is 0. The second kappa shape index (κ2) is 3.14. The van der Waals surface area contributed by atoms with Crippen LogP contribution in [0.2, 0.25) is 0 Å². The van der Waals surface area contributed by atoms with Gasteiger partial charge in [0.05, 0.1) is 0 Å². The van der Waals surface area contributed by atoms with Gasteiger partial charge >= 0.3 is 0 Å². The number of nitrogens with two attached hydrogens (primary N) is 1. The van der Waals surface area contributed by atoms with Crippen LogP contribution < -0.4 is 5.73 Å². The van der Waals surface area contributed by atoms with Gasteiger partial charge < -0.3 is 5.73 Å². The van der Waals surface area contributed by atoms with Crippen LogP contribution in [0.3, 0.4) is 0 Å². The van der Waals surface area contributed by atoms with Crippen LogP contribution in [0.25, 0.3) is 0 Å². The van der Waals surface area contributed by atoms with E-state index < -0.39 is 0 Å². The van der Waals surface area contributed by atoms with Gasteiger partial charge in [-0.2, -0.15) is 0 Å². The van der Waals surface area contributed by atoms with Gasteiger partial charge in [-0.25, -0.2) is 0 Å². The second-order valence-corrected chi connectivity index (χ2v) is 4.48. The zero-order valence-electron chi connectivity index (χ0n) is 7.26. The first-order chi connectivity index (χ1) is 5.34.